The first kappa shape index (κ1) is 16.0. The summed E-state index contributed by atoms with van der Waals surface area (Å²) in [7, 11) is 0. The second-order valence-electron chi connectivity index (χ2n) is 7.66. The van der Waals surface area contributed by atoms with Crippen molar-refractivity contribution >= 4 is 0 Å². The quantitative estimate of drug-likeness (QED) is 0.884. The van der Waals surface area contributed by atoms with Crippen molar-refractivity contribution in [3.63, 3.8) is 0 Å². The molecule has 0 aliphatic heterocycles. The predicted octanol–water partition coefficient (Wildman–Crippen LogP) is 4.05. The van der Waals surface area contributed by atoms with E-state index in [4.69, 9.17) is 0 Å². The second-order valence-corrected chi connectivity index (χ2v) is 7.66. The molecule has 2 saturated carbocycles. The van der Waals surface area contributed by atoms with Gasteiger partial charge in [0, 0.05) is 0 Å². The van der Waals surface area contributed by atoms with E-state index in [1.807, 2.05) is 0 Å². The van der Waals surface area contributed by atoms with E-state index >= 15 is 0 Å². The van der Waals surface area contributed by atoms with Crippen molar-refractivity contribution in [2.75, 3.05) is 0 Å². The minimum absolute atomic E-state index is 0.0931. The third kappa shape index (κ3) is 3.09. The van der Waals surface area contributed by atoms with Crippen LogP contribution in [0.3, 0.4) is 0 Å². The Morgan fingerprint density at radius 2 is 1.14 bits per heavy atom. The van der Waals surface area contributed by atoms with Gasteiger partial charge in [-0.2, -0.15) is 0 Å². The zero-order chi connectivity index (χ0) is 15.6. The van der Waals surface area contributed by atoms with E-state index in [1.165, 1.54) is 5.56 Å². The van der Waals surface area contributed by atoms with Gasteiger partial charge in [-0.1, -0.05) is 37.3 Å². The van der Waals surface area contributed by atoms with E-state index in [1.54, 1.807) is 0 Å². The van der Waals surface area contributed by atoms with Crippen molar-refractivity contribution in [1.29, 1.82) is 0 Å². The topological polar surface area (TPSA) is 40.5 Å². The first-order chi connectivity index (χ1) is 10.6. The minimum Gasteiger partial charge on any atom is -0.393 e. The molecular formula is C20H30O2. The van der Waals surface area contributed by atoms with Crippen molar-refractivity contribution in [3.8, 4) is 0 Å². The Labute approximate surface area is 134 Å². The Morgan fingerprint density at radius 1 is 0.727 bits per heavy atom. The fourth-order valence-corrected chi connectivity index (χ4v) is 4.95. The molecule has 0 aromatic heterocycles. The molecule has 0 amide bonds. The number of benzene rings is 1. The average Bonchev–Trinajstić information content (AvgIpc) is 2.56. The van der Waals surface area contributed by atoms with Crippen LogP contribution in [0.1, 0.15) is 63.9 Å². The molecule has 3 rings (SSSR count). The van der Waals surface area contributed by atoms with Crippen LogP contribution in [-0.4, -0.2) is 22.4 Å². The van der Waals surface area contributed by atoms with Gasteiger partial charge in [0.1, 0.15) is 0 Å². The maximum absolute atomic E-state index is 9.88. The summed E-state index contributed by atoms with van der Waals surface area (Å²) < 4.78 is 0. The number of aliphatic hydroxyl groups excluding tert-OH is 2. The summed E-state index contributed by atoms with van der Waals surface area (Å²) in [5, 5.41) is 19.8. The van der Waals surface area contributed by atoms with Crippen LogP contribution in [0.15, 0.2) is 30.3 Å². The number of hydrogen-bond donors (Lipinski definition) is 2. The molecule has 1 aromatic rings. The monoisotopic (exact) mass is 302 g/mol. The van der Waals surface area contributed by atoms with E-state index in [2.05, 4.69) is 37.3 Å². The molecule has 2 nitrogen and oxygen atoms in total. The van der Waals surface area contributed by atoms with Crippen LogP contribution in [0, 0.1) is 11.8 Å². The van der Waals surface area contributed by atoms with Gasteiger partial charge >= 0.3 is 0 Å². The highest BCUT2D eigenvalue weighted by Crippen LogP contribution is 2.50. The molecule has 0 bridgehead atoms. The highest BCUT2D eigenvalue weighted by Gasteiger charge is 2.44. The Morgan fingerprint density at radius 3 is 1.55 bits per heavy atom. The molecule has 2 aliphatic carbocycles. The van der Waals surface area contributed by atoms with Gasteiger partial charge in [0.05, 0.1) is 12.2 Å². The maximum Gasteiger partial charge on any atom is 0.0540 e. The molecular weight excluding hydrogens is 272 g/mol. The van der Waals surface area contributed by atoms with Crippen LogP contribution >= 0.6 is 0 Å². The highest BCUT2D eigenvalue weighted by molar-refractivity contribution is 5.27. The fourth-order valence-electron chi connectivity index (χ4n) is 4.95. The van der Waals surface area contributed by atoms with Crippen LogP contribution in [0.2, 0.25) is 0 Å². The van der Waals surface area contributed by atoms with Gasteiger partial charge in [-0.05, 0) is 74.2 Å². The van der Waals surface area contributed by atoms with Gasteiger partial charge in [0.15, 0.2) is 0 Å². The normalized spacial score (nSPS) is 35.8. The number of hydrogen-bond acceptors (Lipinski definition) is 2. The minimum atomic E-state index is -0.0931. The van der Waals surface area contributed by atoms with Crippen molar-refractivity contribution < 1.29 is 10.2 Å². The van der Waals surface area contributed by atoms with Crippen LogP contribution in [0.5, 0.6) is 0 Å². The molecule has 22 heavy (non-hydrogen) atoms. The van der Waals surface area contributed by atoms with Gasteiger partial charge in [0.2, 0.25) is 0 Å². The molecule has 0 saturated heterocycles. The second kappa shape index (κ2) is 6.72. The third-order valence-electron chi connectivity index (χ3n) is 6.49. The Bertz CT molecular complexity index is 432. The molecule has 2 heteroatoms. The van der Waals surface area contributed by atoms with E-state index < -0.39 is 0 Å². The van der Waals surface area contributed by atoms with Gasteiger partial charge in [0.25, 0.3) is 0 Å². The van der Waals surface area contributed by atoms with Crippen molar-refractivity contribution in [3.05, 3.63) is 35.9 Å². The average molecular weight is 302 g/mol. The van der Waals surface area contributed by atoms with Crippen molar-refractivity contribution in [2.24, 2.45) is 11.8 Å². The Hall–Kier alpha value is -0.860. The molecule has 0 atom stereocenters. The summed E-state index contributed by atoms with van der Waals surface area (Å²) >= 11 is 0. The molecule has 0 unspecified atom stereocenters. The Balaban J connectivity index is 1.88. The van der Waals surface area contributed by atoms with E-state index in [0.29, 0.717) is 11.8 Å². The summed E-state index contributed by atoms with van der Waals surface area (Å²) in [6, 6.07) is 11.0. The fraction of sp³-hybridized carbons (Fsp3) is 0.700. The largest absolute Gasteiger partial charge is 0.393 e. The lowest BCUT2D eigenvalue weighted by atomic mass is 9.56. The van der Waals surface area contributed by atoms with Gasteiger partial charge in [-0.25, -0.2) is 0 Å². The number of aliphatic hydroxyl groups is 2. The van der Waals surface area contributed by atoms with Crippen LogP contribution < -0.4 is 0 Å². The summed E-state index contributed by atoms with van der Waals surface area (Å²) in [6.45, 7) is 2.45. The zero-order valence-electron chi connectivity index (χ0n) is 13.7. The molecule has 2 N–H and O–H groups in total. The summed E-state index contributed by atoms with van der Waals surface area (Å²) in [6.07, 6.45) is 8.12. The van der Waals surface area contributed by atoms with E-state index in [0.717, 1.165) is 51.4 Å². The number of rotatable bonds is 3. The predicted molar refractivity (Wildman–Crippen MR) is 89.7 cm³/mol. The highest BCUT2D eigenvalue weighted by atomic mass is 16.3. The van der Waals surface area contributed by atoms with Crippen molar-refractivity contribution in [2.45, 2.75) is 75.9 Å². The first-order valence-corrected chi connectivity index (χ1v) is 9.02. The summed E-state index contributed by atoms with van der Waals surface area (Å²) in [4.78, 5) is 0. The van der Waals surface area contributed by atoms with Crippen molar-refractivity contribution in [1.82, 2.24) is 0 Å². The standard InChI is InChI=1S/C20H30O2/c1-20(15-5-3-2-4-6-15,16-7-11-18(21)12-8-16)17-9-13-19(22)14-10-17/h2-6,16-19,21-22H,7-14H2,1H3. The molecule has 0 spiro atoms. The molecule has 2 fully saturated rings. The van der Waals surface area contributed by atoms with Crippen LogP contribution in [0.4, 0.5) is 0 Å². The molecule has 0 heterocycles. The van der Waals surface area contributed by atoms with Gasteiger partial charge < -0.3 is 10.2 Å². The summed E-state index contributed by atoms with van der Waals surface area (Å²) in [5.41, 5.74) is 1.64. The maximum atomic E-state index is 9.88. The van der Waals surface area contributed by atoms with Crippen LogP contribution in [-0.2, 0) is 5.41 Å². The molecule has 0 radical (unpaired) electrons. The lowest BCUT2D eigenvalue weighted by molar-refractivity contribution is 0.0336. The lowest BCUT2D eigenvalue weighted by Gasteiger charge is -2.48. The first-order valence-electron chi connectivity index (χ1n) is 9.02. The molecule has 122 valence electrons. The smallest absolute Gasteiger partial charge is 0.0540 e. The summed E-state index contributed by atoms with van der Waals surface area (Å²) in [5.74, 6) is 1.30. The third-order valence-corrected chi connectivity index (χ3v) is 6.49. The van der Waals surface area contributed by atoms with E-state index in [9.17, 15) is 10.2 Å². The Kier molecular flexibility index (Phi) is 4.89. The zero-order valence-corrected chi connectivity index (χ0v) is 13.7. The molecule has 2 aliphatic rings. The van der Waals surface area contributed by atoms with Gasteiger partial charge in [-0.15, -0.1) is 0 Å². The lowest BCUT2D eigenvalue weighted by Crippen LogP contribution is -2.44. The SMILES string of the molecule is CC(c1ccccc1)(C1CCC(O)CC1)C1CCC(O)CC1. The molecule has 1 aromatic carbocycles. The van der Waals surface area contributed by atoms with Crippen LogP contribution in [0.25, 0.3) is 0 Å². The van der Waals surface area contributed by atoms with Gasteiger partial charge in [-0.3, -0.25) is 0 Å². The van der Waals surface area contributed by atoms with E-state index in [-0.39, 0.29) is 17.6 Å².